The summed E-state index contributed by atoms with van der Waals surface area (Å²) in [6.45, 7) is 5.09. The van der Waals surface area contributed by atoms with E-state index in [1.54, 1.807) is 0 Å². The Morgan fingerprint density at radius 3 is 2.67 bits per heavy atom. The van der Waals surface area contributed by atoms with Gasteiger partial charge in [-0.05, 0) is 25.7 Å². The molecule has 86 valence electrons. The number of nitrogens with zero attached hydrogens (tertiary/aromatic N) is 1. The zero-order chi connectivity index (χ0) is 11.4. The monoisotopic (exact) mass is 211 g/mol. The highest BCUT2D eigenvalue weighted by atomic mass is 16.5. The quantitative estimate of drug-likeness (QED) is 0.776. The normalized spacial score (nSPS) is 30.5. The molecule has 2 atom stereocenters. The van der Waals surface area contributed by atoms with Crippen LogP contribution >= 0.6 is 0 Å². The lowest BCUT2D eigenvalue weighted by Gasteiger charge is -2.44. The topological polar surface area (TPSA) is 53.2 Å². The minimum Gasteiger partial charge on any atom is -0.388 e. The third kappa shape index (κ3) is 2.16. The Balaban J connectivity index is 2.91. The SMILES string of the molecule is CCCC(O)(CC)C1(C#N)CCCOC1. The minimum absolute atomic E-state index is 0.383. The first kappa shape index (κ1) is 12.5. The van der Waals surface area contributed by atoms with Crippen LogP contribution in [0.15, 0.2) is 0 Å². The summed E-state index contributed by atoms with van der Waals surface area (Å²) in [6, 6.07) is 2.32. The molecule has 3 heteroatoms. The standard InChI is InChI=1S/C12H21NO2/c1-3-6-12(14,4-2)11(9-13)7-5-8-15-10-11/h14H,3-8,10H2,1-2H3. The summed E-state index contributed by atoms with van der Waals surface area (Å²) in [5.74, 6) is 0. The van der Waals surface area contributed by atoms with E-state index in [0.29, 0.717) is 19.4 Å². The highest BCUT2D eigenvalue weighted by Gasteiger charge is 2.50. The first-order chi connectivity index (χ1) is 7.14. The Morgan fingerprint density at radius 2 is 2.27 bits per heavy atom. The maximum Gasteiger partial charge on any atom is 0.109 e. The molecule has 0 aliphatic carbocycles. The molecule has 1 heterocycles. The van der Waals surface area contributed by atoms with Gasteiger partial charge in [0, 0.05) is 6.61 Å². The van der Waals surface area contributed by atoms with Gasteiger partial charge in [0.05, 0.1) is 18.3 Å². The van der Waals surface area contributed by atoms with E-state index in [1.165, 1.54) is 0 Å². The van der Waals surface area contributed by atoms with Gasteiger partial charge in [-0.2, -0.15) is 5.26 Å². The molecule has 15 heavy (non-hydrogen) atoms. The highest BCUT2D eigenvalue weighted by molar-refractivity contribution is 5.12. The number of ether oxygens (including phenoxy) is 1. The molecular formula is C12H21NO2. The van der Waals surface area contributed by atoms with Crippen molar-refractivity contribution in [3.63, 3.8) is 0 Å². The number of rotatable bonds is 4. The van der Waals surface area contributed by atoms with Gasteiger partial charge in [0.25, 0.3) is 0 Å². The summed E-state index contributed by atoms with van der Waals surface area (Å²) < 4.78 is 5.39. The molecule has 2 unspecified atom stereocenters. The van der Waals surface area contributed by atoms with Gasteiger partial charge in [0.1, 0.15) is 5.41 Å². The van der Waals surface area contributed by atoms with Crippen LogP contribution in [0.25, 0.3) is 0 Å². The fourth-order valence-corrected chi connectivity index (χ4v) is 2.52. The van der Waals surface area contributed by atoms with Gasteiger partial charge in [-0.3, -0.25) is 0 Å². The average molecular weight is 211 g/mol. The minimum atomic E-state index is -0.878. The van der Waals surface area contributed by atoms with Crippen LogP contribution in [0.5, 0.6) is 0 Å². The Kier molecular flexibility index (Phi) is 4.12. The largest absolute Gasteiger partial charge is 0.388 e. The number of nitriles is 1. The molecule has 1 aliphatic heterocycles. The van der Waals surface area contributed by atoms with Crippen molar-refractivity contribution < 1.29 is 9.84 Å². The van der Waals surface area contributed by atoms with Crippen molar-refractivity contribution in [2.24, 2.45) is 5.41 Å². The van der Waals surface area contributed by atoms with Crippen molar-refractivity contribution in [2.45, 2.75) is 51.6 Å². The molecule has 0 spiro atoms. The molecule has 0 amide bonds. The van der Waals surface area contributed by atoms with Crippen molar-refractivity contribution in [3.05, 3.63) is 0 Å². The van der Waals surface area contributed by atoms with Crippen LogP contribution < -0.4 is 0 Å². The van der Waals surface area contributed by atoms with Crippen LogP contribution in [0.3, 0.4) is 0 Å². The van der Waals surface area contributed by atoms with Crippen LogP contribution in [0.2, 0.25) is 0 Å². The van der Waals surface area contributed by atoms with Crippen molar-refractivity contribution in [2.75, 3.05) is 13.2 Å². The van der Waals surface area contributed by atoms with E-state index in [0.717, 1.165) is 25.9 Å². The molecule has 0 aromatic carbocycles. The maximum atomic E-state index is 10.6. The van der Waals surface area contributed by atoms with Crippen LogP contribution in [0, 0.1) is 16.7 Å². The van der Waals surface area contributed by atoms with Gasteiger partial charge >= 0.3 is 0 Å². The molecule has 1 N–H and O–H groups in total. The predicted octanol–water partition coefficient (Wildman–Crippen LogP) is 2.25. The smallest absolute Gasteiger partial charge is 0.109 e. The summed E-state index contributed by atoms with van der Waals surface area (Å²) in [5.41, 5.74) is -1.56. The van der Waals surface area contributed by atoms with Gasteiger partial charge in [0.15, 0.2) is 0 Å². The Labute approximate surface area is 92.0 Å². The molecule has 1 aliphatic rings. The zero-order valence-corrected chi connectivity index (χ0v) is 9.75. The second-order valence-electron chi connectivity index (χ2n) is 4.49. The molecular weight excluding hydrogens is 190 g/mol. The van der Waals surface area contributed by atoms with Gasteiger partial charge in [-0.15, -0.1) is 0 Å². The van der Waals surface area contributed by atoms with E-state index in [1.807, 2.05) is 13.8 Å². The molecule has 0 saturated carbocycles. The second kappa shape index (κ2) is 4.96. The van der Waals surface area contributed by atoms with Crippen molar-refractivity contribution in [1.29, 1.82) is 5.26 Å². The first-order valence-corrected chi connectivity index (χ1v) is 5.85. The summed E-state index contributed by atoms with van der Waals surface area (Å²) in [5, 5.41) is 19.9. The molecule has 0 aromatic heterocycles. The van der Waals surface area contributed by atoms with Crippen molar-refractivity contribution in [1.82, 2.24) is 0 Å². The summed E-state index contributed by atoms with van der Waals surface area (Å²) in [4.78, 5) is 0. The van der Waals surface area contributed by atoms with Gasteiger partial charge in [-0.1, -0.05) is 20.3 Å². The molecule has 1 rings (SSSR count). The van der Waals surface area contributed by atoms with Crippen LogP contribution in [-0.4, -0.2) is 23.9 Å². The third-order valence-corrected chi connectivity index (χ3v) is 3.59. The lowest BCUT2D eigenvalue weighted by atomic mass is 9.66. The lowest BCUT2D eigenvalue weighted by molar-refractivity contribution is -0.124. The second-order valence-corrected chi connectivity index (χ2v) is 4.49. The predicted molar refractivity (Wildman–Crippen MR) is 58.2 cm³/mol. The molecule has 0 aromatic rings. The van der Waals surface area contributed by atoms with Crippen LogP contribution in [0.1, 0.15) is 46.0 Å². The lowest BCUT2D eigenvalue weighted by Crippen LogP contribution is -2.51. The molecule has 1 fully saturated rings. The number of aliphatic hydroxyl groups is 1. The Bertz CT molecular complexity index is 240. The molecule has 1 saturated heterocycles. The molecule has 3 nitrogen and oxygen atoms in total. The Hall–Kier alpha value is -0.590. The summed E-state index contributed by atoms with van der Waals surface area (Å²) >= 11 is 0. The first-order valence-electron chi connectivity index (χ1n) is 5.85. The highest BCUT2D eigenvalue weighted by Crippen LogP contribution is 2.43. The van der Waals surface area contributed by atoms with Gasteiger partial charge in [0.2, 0.25) is 0 Å². The van der Waals surface area contributed by atoms with E-state index < -0.39 is 11.0 Å². The fraction of sp³-hybridized carbons (Fsp3) is 0.917. The average Bonchev–Trinajstić information content (AvgIpc) is 2.30. The van der Waals surface area contributed by atoms with E-state index in [4.69, 9.17) is 4.74 Å². The van der Waals surface area contributed by atoms with Crippen LogP contribution in [0.4, 0.5) is 0 Å². The zero-order valence-electron chi connectivity index (χ0n) is 9.75. The summed E-state index contributed by atoms with van der Waals surface area (Å²) in [6.07, 6.45) is 3.83. The van der Waals surface area contributed by atoms with E-state index >= 15 is 0 Å². The molecule has 0 radical (unpaired) electrons. The van der Waals surface area contributed by atoms with Crippen LogP contribution in [-0.2, 0) is 4.74 Å². The van der Waals surface area contributed by atoms with Gasteiger partial charge in [-0.25, -0.2) is 0 Å². The van der Waals surface area contributed by atoms with Crippen molar-refractivity contribution in [3.8, 4) is 6.07 Å². The fourth-order valence-electron chi connectivity index (χ4n) is 2.52. The maximum absolute atomic E-state index is 10.6. The van der Waals surface area contributed by atoms with E-state index in [2.05, 4.69) is 6.07 Å². The van der Waals surface area contributed by atoms with Gasteiger partial charge < -0.3 is 9.84 Å². The number of hydrogen-bond acceptors (Lipinski definition) is 3. The van der Waals surface area contributed by atoms with E-state index in [9.17, 15) is 10.4 Å². The third-order valence-electron chi connectivity index (χ3n) is 3.59. The Morgan fingerprint density at radius 1 is 1.53 bits per heavy atom. The van der Waals surface area contributed by atoms with Crippen molar-refractivity contribution >= 4 is 0 Å². The van der Waals surface area contributed by atoms with E-state index in [-0.39, 0.29) is 0 Å². The molecule has 0 bridgehead atoms. The number of hydrogen-bond donors (Lipinski definition) is 1. The summed E-state index contributed by atoms with van der Waals surface area (Å²) in [7, 11) is 0.